The van der Waals surface area contributed by atoms with E-state index in [1.807, 2.05) is 0 Å². The third-order valence-corrected chi connectivity index (χ3v) is 18.2. The van der Waals surface area contributed by atoms with E-state index in [1.165, 1.54) is 0 Å². The molecule has 4 saturated carbocycles. The average molecular weight is 823 g/mol. The highest BCUT2D eigenvalue weighted by Gasteiger charge is 2.79. The molecule has 8 aliphatic rings. The van der Waals surface area contributed by atoms with E-state index in [-0.39, 0.29) is 51.4 Å². The predicted octanol–water partition coefficient (Wildman–Crippen LogP) is 2.35. The second kappa shape index (κ2) is 14.4. The molecule has 14 heteroatoms. The summed E-state index contributed by atoms with van der Waals surface area (Å²) in [6, 6.07) is 0. The first-order chi connectivity index (χ1) is 27.1. The van der Waals surface area contributed by atoms with E-state index in [0.29, 0.717) is 19.4 Å². The molecule has 2 bridgehead atoms. The Hall–Kier alpha value is -1.27. The number of fused-ring (bicyclic) bond motifs is 4. The molecule has 8 rings (SSSR count). The van der Waals surface area contributed by atoms with Gasteiger partial charge in [0.05, 0.1) is 43.7 Å². The van der Waals surface area contributed by atoms with Gasteiger partial charge in [-0.05, 0) is 86.4 Å². The van der Waals surface area contributed by atoms with Crippen molar-refractivity contribution in [3.05, 3.63) is 12.2 Å². The van der Waals surface area contributed by atoms with E-state index in [2.05, 4.69) is 53.7 Å². The summed E-state index contributed by atoms with van der Waals surface area (Å²) in [5.74, 6) is -0.331. The van der Waals surface area contributed by atoms with Crippen molar-refractivity contribution in [2.75, 3.05) is 19.8 Å². The monoisotopic (exact) mass is 822 g/mol. The van der Waals surface area contributed by atoms with Crippen LogP contribution >= 0.6 is 0 Å². The zero-order valence-corrected chi connectivity index (χ0v) is 35.6. The van der Waals surface area contributed by atoms with Crippen LogP contribution in [0.1, 0.15) is 107 Å². The molecule has 0 unspecified atom stereocenters. The van der Waals surface area contributed by atoms with Crippen LogP contribution in [0, 0.1) is 50.2 Å². The number of carbonyl (C=O) groups excluding carboxylic acids is 1. The van der Waals surface area contributed by atoms with Gasteiger partial charge in [0.15, 0.2) is 18.7 Å². The van der Waals surface area contributed by atoms with Gasteiger partial charge >= 0.3 is 5.97 Å². The standard InChI is InChI=1S/C44H70O14/c1-22-30(49)35(58-36-32(51)31(50)34(55-23(2)47)24(19-45)56-36)33(52)37(54-22)57-29-11-12-39(5)25(40(29,6)20-46)9-13-41(7)26(39)10-14-44-27-17-38(3,4)15-16-43(27,21-53-44)28(48)18-42(41,44)8/h10,14,22,24-37,45-46,48-52H,9,11-13,15-21H2,1-8H3/t22-,24-,25-,26-,27-,28+,29+,30+,31-,32-,33-,34-,35+,36+,37+,39+,40+,41-,42+,43-,44+/m1/s1. The Morgan fingerprint density at radius 2 is 1.50 bits per heavy atom. The van der Waals surface area contributed by atoms with Gasteiger partial charge in [-0.15, -0.1) is 0 Å². The topological polar surface area (TPSA) is 214 Å². The van der Waals surface area contributed by atoms with Crippen LogP contribution in [0.5, 0.6) is 0 Å². The quantitative estimate of drug-likeness (QED) is 0.112. The largest absolute Gasteiger partial charge is 0.457 e. The molecular formula is C44H70O14. The summed E-state index contributed by atoms with van der Waals surface area (Å²) in [6.07, 6.45) is -3.51. The van der Waals surface area contributed by atoms with E-state index in [4.69, 9.17) is 28.4 Å². The van der Waals surface area contributed by atoms with Crippen LogP contribution in [0.2, 0.25) is 0 Å². The molecule has 3 heterocycles. The Balaban J connectivity index is 1.03. The second-order valence-corrected chi connectivity index (χ2v) is 21.5. The maximum Gasteiger partial charge on any atom is 0.303 e. The van der Waals surface area contributed by atoms with Crippen molar-refractivity contribution in [2.45, 2.75) is 186 Å². The van der Waals surface area contributed by atoms with E-state index in [9.17, 15) is 40.5 Å². The molecule has 1 spiro atoms. The second-order valence-electron chi connectivity index (χ2n) is 21.5. The molecule has 58 heavy (non-hydrogen) atoms. The molecule has 21 atom stereocenters. The van der Waals surface area contributed by atoms with Crippen LogP contribution in [-0.4, -0.2) is 141 Å². The number of rotatable bonds is 7. The molecule has 3 saturated heterocycles. The molecule has 14 nitrogen and oxygen atoms in total. The summed E-state index contributed by atoms with van der Waals surface area (Å²) in [4.78, 5) is 11.6. The number of ether oxygens (including phenoxy) is 6. The normalized spacial score (nSPS) is 57.1. The number of aliphatic hydroxyl groups excluding tert-OH is 7. The summed E-state index contributed by atoms with van der Waals surface area (Å²) in [5, 5.41) is 78.0. The van der Waals surface area contributed by atoms with Gasteiger partial charge in [0, 0.05) is 29.1 Å². The highest BCUT2D eigenvalue weighted by Crippen LogP contribution is 2.79. The zero-order valence-electron chi connectivity index (χ0n) is 35.6. The highest BCUT2D eigenvalue weighted by atomic mass is 16.7. The SMILES string of the molecule is CC(=O)O[C@H]1[C@H](O)[C@@H](O)[C@H](O[C@H]2[C@@H](O)[C@@H](C)O[C@@H](O[C@H]3CC[C@@]4(C)[C@@H](CC[C@]5(C)[C@@H]4C=C[C@]46OC[C@@]7(CCC(C)(C)C[C@H]74)[C@@H](O)C[C@]65C)[C@]3(C)CO)[C@@H]2O)O[C@@H]1CO. The van der Waals surface area contributed by atoms with Crippen molar-refractivity contribution in [1.82, 2.24) is 0 Å². The molecule has 0 amide bonds. The first-order valence-electron chi connectivity index (χ1n) is 21.8. The number of hydrogen-bond acceptors (Lipinski definition) is 14. The third-order valence-electron chi connectivity index (χ3n) is 18.2. The Morgan fingerprint density at radius 3 is 2.17 bits per heavy atom. The van der Waals surface area contributed by atoms with Crippen molar-refractivity contribution < 1.29 is 69.0 Å². The minimum Gasteiger partial charge on any atom is -0.457 e. The van der Waals surface area contributed by atoms with E-state index >= 15 is 0 Å². The summed E-state index contributed by atoms with van der Waals surface area (Å²) < 4.78 is 36.6. The molecule has 3 aliphatic heterocycles. The minimum absolute atomic E-state index is 0.0264. The van der Waals surface area contributed by atoms with Crippen molar-refractivity contribution in [2.24, 2.45) is 50.2 Å². The molecule has 7 fully saturated rings. The fraction of sp³-hybridized carbons (Fsp3) is 0.932. The fourth-order valence-electron chi connectivity index (χ4n) is 14.6. The van der Waals surface area contributed by atoms with Crippen molar-refractivity contribution >= 4 is 5.97 Å². The van der Waals surface area contributed by atoms with Gasteiger partial charge in [0.1, 0.15) is 36.6 Å². The summed E-state index contributed by atoms with van der Waals surface area (Å²) in [6.45, 7) is 16.5. The lowest BCUT2D eigenvalue weighted by Gasteiger charge is -2.73. The van der Waals surface area contributed by atoms with Crippen LogP contribution in [0.4, 0.5) is 0 Å². The Morgan fingerprint density at radius 1 is 0.793 bits per heavy atom. The lowest BCUT2D eigenvalue weighted by molar-refractivity contribution is -0.367. The Kier molecular flexibility index (Phi) is 10.8. The van der Waals surface area contributed by atoms with Gasteiger partial charge in [-0.1, -0.05) is 53.7 Å². The summed E-state index contributed by atoms with van der Waals surface area (Å²) in [5.41, 5.74) is -1.98. The number of allylic oxidation sites excluding steroid dienone is 1. The molecule has 0 radical (unpaired) electrons. The van der Waals surface area contributed by atoms with Gasteiger partial charge in [0.25, 0.3) is 0 Å². The number of esters is 1. The first-order valence-corrected chi connectivity index (χ1v) is 21.8. The maximum atomic E-state index is 12.2. The Labute approximate surface area is 342 Å². The predicted molar refractivity (Wildman–Crippen MR) is 206 cm³/mol. The van der Waals surface area contributed by atoms with Crippen LogP contribution in [0.15, 0.2) is 12.2 Å². The lowest BCUT2D eigenvalue weighted by Crippen LogP contribution is -2.72. The van der Waals surface area contributed by atoms with Crippen LogP contribution in [0.3, 0.4) is 0 Å². The number of hydrogen-bond donors (Lipinski definition) is 7. The smallest absolute Gasteiger partial charge is 0.303 e. The Bertz CT molecular complexity index is 1610. The summed E-state index contributed by atoms with van der Waals surface area (Å²) in [7, 11) is 0. The highest BCUT2D eigenvalue weighted by molar-refractivity contribution is 5.66. The molecule has 0 aromatic carbocycles. The molecule has 0 aromatic heterocycles. The van der Waals surface area contributed by atoms with Crippen molar-refractivity contribution in [3.63, 3.8) is 0 Å². The van der Waals surface area contributed by atoms with Gasteiger partial charge in [0.2, 0.25) is 0 Å². The molecular weight excluding hydrogens is 752 g/mol. The summed E-state index contributed by atoms with van der Waals surface area (Å²) >= 11 is 0. The third kappa shape index (κ3) is 5.89. The van der Waals surface area contributed by atoms with Crippen molar-refractivity contribution in [1.29, 1.82) is 0 Å². The molecule has 7 N–H and O–H groups in total. The van der Waals surface area contributed by atoms with Gasteiger partial charge in [-0.3, -0.25) is 4.79 Å². The van der Waals surface area contributed by atoms with E-state index in [0.717, 1.165) is 45.4 Å². The fourth-order valence-corrected chi connectivity index (χ4v) is 14.6. The zero-order chi connectivity index (χ0) is 42.2. The van der Waals surface area contributed by atoms with Gasteiger partial charge < -0.3 is 64.2 Å². The van der Waals surface area contributed by atoms with E-state index < -0.39 is 97.2 Å². The van der Waals surface area contributed by atoms with Gasteiger partial charge in [-0.2, -0.15) is 0 Å². The van der Waals surface area contributed by atoms with Crippen LogP contribution in [0.25, 0.3) is 0 Å². The number of aliphatic hydroxyl groups is 7. The van der Waals surface area contributed by atoms with Crippen LogP contribution < -0.4 is 0 Å². The van der Waals surface area contributed by atoms with Crippen molar-refractivity contribution in [3.8, 4) is 0 Å². The average Bonchev–Trinajstić information content (AvgIpc) is 3.44. The first kappa shape index (κ1) is 43.4. The molecule has 5 aliphatic carbocycles. The van der Waals surface area contributed by atoms with Gasteiger partial charge in [-0.25, -0.2) is 0 Å². The number of carbonyl (C=O) groups is 1. The molecule has 0 aromatic rings. The van der Waals surface area contributed by atoms with E-state index in [1.54, 1.807) is 6.92 Å². The maximum absolute atomic E-state index is 12.2. The molecule has 330 valence electrons. The minimum atomic E-state index is -1.75. The lowest BCUT2D eigenvalue weighted by atomic mass is 9.32. The van der Waals surface area contributed by atoms with Crippen LogP contribution in [-0.2, 0) is 33.2 Å².